The van der Waals surface area contributed by atoms with E-state index in [1.165, 1.54) is 6.33 Å². The number of halogens is 1. The Morgan fingerprint density at radius 1 is 1.10 bits per heavy atom. The largest absolute Gasteiger partial charge is 0.380 e. The van der Waals surface area contributed by atoms with Crippen LogP contribution in [0.4, 0.5) is 17.3 Å². The summed E-state index contributed by atoms with van der Waals surface area (Å²) in [6.07, 6.45) is 10.3. The molecule has 4 rings (SSSR count). The van der Waals surface area contributed by atoms with Crippen LogP contribution in [0, 0.1) is 0 Å². The third-order valence-corrected chi connectivity index (χ3v) is 4.57. The predicted octanol–water partition coefficient (Wildman–Crippen LogP) is 3.37. The van der Waals surface area contributed by atoms with Gasteiger partial charge in [0.25, 0.3) is 0 Å². The van der Waals surface area contributed by atoms with Crippen molar-refractivity contribution >= 4 is 28.9 Å². The van der Waals surface area contributed by atoms with E-state index in [1.54, 1.807) is 34.3 Å². The summed E-state index contributed by atoms with van der Waals surface area (Å²) in [5.41, 5.74) is 3.54. The lowest BCUT2D eigenvalue weighted by Gasteiger charge is -2.17. The first-order valence-corrected chi connectivity index (χ1v) is 9.41. The molecular formula is C19H20ClN9. The highest BCUT2D eigenvalue weighted by atomic mass is 35.5. The minimum Gasteiger partial charge on any atom is -0.380 e. The van der Waals surface area contributed by atoms with Crippen LogP contribution in [0.2, 0.25) is 5.02 Å². The maximum Gasteiger partial charge on any atom is 0.227 e. The topological polar surface area (TPSA) is 98.4 Å². The lowest BCUT2D eigenvalue weighted by molar-refractivity contribution is 0.559. The summed E-state index contributed by atoms with van der Waals surface area (Å²) in [6.45, 7) is 2.74. The summed E-state index contributed by atoms with van der Waals surface area (Å²) in [5, 5.41) is 15.4. The van der Waals surface area contributed by atoms with Gasteiger partial charge >= 0.3 is 0 Å². The first kappa shape index (κ1) is 18.9. The molecule has 1 unspecified atom stereocenters. The van der Waals surface area contributed by atoms with Crippen molar-refractivity contribution in [1.29, 1.82) is 0 Å². The van der Waals surface area contributed by atoms with Gasteiger partial charge in [0.15, 0.2) is 0 Å². The highest BCUT2D eigenvalue weighted by molar-refractivity contribution is 6.33. The second kappa shape index (κ2) is 8.27. The Balaban J connectivity index is 1.47. The molecule has 9 nitrogen and oxygen atoms in total. The van der Waals surface area contributed by atoms with E-state index in [9.17, 15) is 0 Å². The Labute approximate surface area is 172 Å². The van der Waals surface area contributed by atoms with Crippen LogP contribution in [-0.2, 0) is 13.6 Å². The van der Waals surface area contributed by atoms with E-state index < -0.39 is 0 Å². The van der Waals surface area contributed by atoms with E-state index in [4.69, 9.17) is 11.6 Å². The van der Waals surface area contributed by atoms with Crippen LogP contribution < -0.4 is 10.6 Å². The first-order chi connectivity index (χ1) is 14.1. The molecule has 10 heteroatoms. The maximum atomic E-state index is 6.38. The van der Waals surface area contributed by atoms with Gasteiger partial charge in [0, 0.05) is 37.2 Å². The summed E-state index contributed by atoms with van der Waals surface area (Å²) in [5.74, 6) is 0.510. The van der Waals surface area contributed by atoms with Crippen LogP contribution in [0.3, 0.4) is 0 Å². The molecule has 3 aromatic heterocycles. The number of aromatic nitrogens is 7. The summed E-state index contributed by atoms with van der Waals surface area (Å²) in [6, 6.07) is 5.92. The van der Waals surface area contributed by atoms with E-state index in [-0.39, 0.29) is 6.04 Å². The van der Waals surface area contributed by atoms with E-state index >= 15 is 0 Å². The molecule has 0 aliphatic carbocycles. The van der Waals surface area contributed by atoms with Crippen molar-refractivity contribution in [3.63, 3.8) is 0 Å². The molecule has 0 aliphatic heterocycles. The minimum absolute atomic E-state index is 0.117. The Morgan fingerprint density at radius 2 is 1.93 bits per heavy atom. The van der Waals surface area contributed by atoms with Gasteiger partial charge in [0.05, 0.1) is 29.1 Å². The van der Waals surface area contributed by atoms with Gasteiger partial charge in [-0.05, 0) is 24.6 Å². The van der Waals surface area contributed by atoms with E-state index in [0.717, 1.165) is 22.5 Å². The molecule has 1 atom stereocenters. The smallest absolute Gasteiger partial charge is 0.227 e. The molecule has 4 aromatic rings. The van der Waals surface area contributed by atoms with Crippen LogP contribution in [0.25, 0.3) is 11.1 Å². The van der Waals surface area contributed by atoms with Gasteiger partial charge in [-0.15, -0.1) is 0 Å². The van der Waals surface area contributed by atoms with Gasteiger partial charge in [0.1, 0.15) is 12.7 Å². The van der Waals surface area contributed by atoms with Crippen LogP contribution in [0.5, 0.6) is 0 Å². The van der Waals surface area contributed by atoms with Crippen molar-refractivity contribution in [2.75, 3.05) is 10.6 Å². The van der Waals surface area contributed by atoms with Gasteiger partial charge in [-0.1, -0.05) is 17.7 Å². The normalized spacial score (nSPS) is 12.0. The third-order valence-electron chi connectivity index (χ3n) is 4.24. The number of aryl methyl sites for hydroxylation is 1. The molecule has 0 bridgehead atoms. The fraction of sp³-hybridized carbons (Fsp3) is 0.211. The van der Waals surface area contributed by atoms with Crippen LogP contribution in [0.15, 0.2) is 55.6 Å². The number of hydrogen-bond donors (Lipinski definition) is 2. The Hall–Kier alpha value is -3.46. The molecule has 0 amide bonds. The van der Waals surface area contributed by atoms with Crippen molar-refractivity contribution in [3.8, 4) is 11.1 Å². The molecule has 0 saturated carbocycles. The van der Waals surface area contributed by atoms with Crippen LogP contribution in [-0.4, -0.2) is 40.6 Å². The molecule has 29 heavy (non-hydrogen) atoms. The summed E-state index contributed by atoms with van der Waals surface area (Å²) < 4.78 is 3.49. The number of nitrogens with one attached hydrogen (secondary N) is 2. The number of nitrogens with zero attached hydrogens (tertiary/aromatic N) is 7. The van der Waals surface area contributed by atoms with E-state index in [0.29, 0.717) is 17.5 Å². The summed E-state index contributed by atoms with van der Waals surface area (Å²) in [4.78, 5) is 12.7. The zero-order valence-electron chi connectivity index (χ0n) is 16.0. The summed E-state index contributed by atoms with van der Waals surface area (Å²) >= 11 is 6.38. The third kappa shape index (κ3) is 4.69. The molecule has 0 radical (unpaired) electrons. The standard InChI is InChI=1S/C19H20ClN9/c1-13(9-29-12-21-11-25-29)26-18-5-14(3-4-17(18)20)15-6-22-19(23-7-15)27-16-8-24-28(2)10-16/h3-8,10-13,26H,9H2,1-2H3,(H,22,23,27). The van der Waals surface area contributed by atoms with Gasteiger partial charge in [-0.2, -0.15) is 10.2 Å². The fourth-order valence-electron chi connectivity index (χ4n) is 2.89. The number of anilines is 3. The van der Waals surface area contributed by atoms with Gasteiger partial charge < -0.3 is 10.6 Å². The molecule has 0 fully saturated rings. The number of benzene rings is 1. The van der Waals surface area contributed by atoms with E-state index in [1.807, 2.05) is 31.4 Å². The zero-order chi connectivity index (χ0) is 20.2. The lowest BCUT2D eigenvalue weighted by Crippen LogP contribution is -2.22. The SMILES string of the molecule is CC(Cn1cncn1)Nc1cc(-c2cnc(Nc3cnn(C)c3)nc2)ccc1Cl. The molecule has 2 N–H and O–H groups in total. The maximum absolute atomic E-state index is 6.38. The van der Waals surface area contributed by atoms with Gasteiger partial charge in [0.2, 0.25) is 5.95 Å². The Bertz CT molecular complexity index is 1070. The Kier molecular flexibility index (Phi) is 5.39. The molecule has 0 saturated heterocycles. The first-order valence-electron chi connectivity index (χ1n) is 9.03. The minimum atomic E-state index is 0.117. The lowest BCUT2D eigenvalue weighted by atomic mass is 10.1. The molecule has 1 aromatic carbocycles. The average Bonchev–Trinajstić information content (AvgIpc) is 3.36. The number of hydrogen-bond acceptors (Lipinski definition) is 7. The second-order valence-electron chi connectivity index (χ2n) is 6.68. The van der Waals surface area contributed by atoms with Gasteiger partial charge in [-0.3, -0.25) is 9.36 Å². The van der Waals surface area contributed by atoms with Crippen molar-refractivity contribution < 1.29 is 0 Å². The van der Waals surface area contributed by atoms with Crippen molar-refractivity contribution in [3.05, 3.63) is 60.7 Å². The molecule has 148 valence electrons. The molecule has 3 heterocycles. The predicted molar refractivity (Wildman–Crippen MR) is 112 cm³/mol. The van der Waals surface area contributed by atoms with E-state index in [2.05, 4.69) is 42.7 Å². The molecule has 0 spiro atoms. The zero-order valence-corrected chi connectivity index (χ0v) is 16.7. The van der Waals surface area contributed by atoms with Crippen molar-refractivity contribution in [1.82, 2.24) is 34.5 Å². The number of rotatable bonds is 7. The average molecular weight is 410 g/mol. The highest BCUT2D eigenvalue weighted by Gasteiger charge is 2.10. The molecule has 0 aliphatic rings. The highest BCUT2D eigenvalue weighted by Crippen LogP contribution is 2.29. The summed E-state index contributed by atoms with van der Waals surface area (Å²) in [7, 11) is 1.86. The second-order valence-corrected chi connectivity index (χ2v) is 7.09. The van der Waals surface area contributed by atoms with Crippen molar-refractivity contribution in [2.45, 2.75) is 19.5 Å². The Morgan fingerprint density at radius 3 is 2.62 bits per heavy atom. The monoisotopic (exact) mass is 409 g/mol. The van der Waals surface area contributed by atoms with Crippen LogP contribution >= 0.6 is 11.6 Å². The fourth-order valence-corrected chi connectivity index (χ4v) is 3.06. The molecular weight excluding hydrogens is 390 g/mol. The quantitative estimate of drug-likeness (QED) is 0.482. The van der Waals surface area contributed by atoms with Gasteiger partial charge in [-0.25, -0.2) is 15.0 Å². The van der Waals surface area contributed by atoms with Crippen LogP contribution in [0.1, 0.15) is 6.92 Å². The van der Waals surface area contributed by atoms with Crippen molar-refractivity contribution in [2.24, 2.45) is 7.05 Å².